The van der Waals surface area contributed by atoms with Crippen molar-refractivity contribution in [2.24, 2.45) is 0 Å². The van der Waals surface area contributed by atoms with Gasteiger partial charge in [-0.2, -0.15) is 0 Å². The molecular weight excluding hydrogens is 210 g/mol. The molecule has 2 heteroatoms. The van der Waals surface area contributed by atoms with Crippen molar-refractivity contribution in [2.75, 3.05) is 19.8 Å². The highest BCUT2D eigenvalue weighted by molar-refractivity contribution is 5.33. The van der Waals surface area contributed by atoms with Gasteiger partial charge in [0.25, 0.3) is 0 Å². The monoisotopic (exact) mass is 233 g/mol. The fourth-order valence-corrected chi connectivity index (χ4v) is 2.43. The predicted molar refractivity (Wildman–Crippen MR) is 71.4 cm³/mol. The summed E-state index contributed by atoms with van der Waals surface area (Å²) in [5, 5.41) is 3.63. The molecule has 2 rings (SSSR count). The Kier molecular flexibility index (Phi) is 5.02. The molecule has 0 spiro atoms. The Morgan fingerprint density at radius 3 is 2.53 bits per heavy atom. The summed E-state index contributed by atoms with van der Waals surface area (Å²) in [6.45, 7) is 5.01. The third kappa shape index (κ3) is 3.83. The van der Waals surface area contributed by atoms with E-state index in [-0.39, 0.29) is 0 Å². The Bertz CT molecular complexity index is 312. The summed E-state index contributed by atoms with van der Waals surface area (Å²) in [5.74, 6) is 0. The molecular formula is C15H23NO. The van der Waals surface area contributed by atoms with Gasteiger partial charge in [-0.1, -0.05) is 31.2 Å². The minimum Gasteiger partial charge on any atom is -0.381 e. The van der Waals surface area contributed by atoms with Crippen LogP contribution in [0.3, 0.4) is 0 Å². The van der Waals surface area contributed by atoms with Crippen molar-refractivity contribution >= 4 is 0 Å². The fourth-order valence-electron chi connectivity index (χ4n) is 2.43. The zero-order valence-electron chi connectivity index (χ0n) is 10.7. The number of hydrogen-bond acceptors (Lipinski definition) is 2. The van der Waals surface area contributed by atoms with Gasteiger partial charge in [-0.15, -0.1) is 0 Å². The van der Waals surface area contributed by atoms with E-state index in [2.05, 4.69) is 36.5 Å². The van der Waals surface area contributed by atoms with Crippen LogP contribution in [-0.4, -0.2) is 25.8 Å². The molecule has 1 aliphatic carbocycles. The first-order valence-corrected chi connectivity index (χ1v) is 6.78. The highest BCUT2D eigenvalue weighted by Crippen LogP contribution is 2.21. The number of rotatable bonds is 7. The second-order valence-electron chi connectivity index (χ2n) is 4.79. The van der Waals surface area contributed by atoms with Crippen molar-refractivity contribution in [3.63, 3.8) is 0 Å². The maximum absolute atomic E-state index is 5.47. The van der Waals surface area contributed by atoms with Crippen molar-refractivity contribution < 1.29 is 4.74 Å². The molecule has 0 aliphatic heterocycles. The van der Waals surface area contributed by atoms with E-state index in [9.17, 15) is 0 Å². The van der Waals surface area contributed by atoms with E-state index >= 15 is 0 Å². The maximum atomic E-state index is 5.47. The average Bonchev–Trinajstić information content (AvgIpc) is 2.76. The lowest BCUT2D eigenvalue weighted by atomic mass is 10.1. The summed E-state index contributed by atoms with van der Waals surface area (Å²) in [6, 6.07) is 9.42. The lowest BCUT2D eigenvalue weighted by Crippen LogP contribution is -2.30. The number of nitrogens with one attached hydrogen (secondary N) is 1. The largest absolute Gasteiger partial charge is 0.381 e. The van der Waals surface area contributed by atoms with E-state index in [0.717, 1.165) is 32.6 Å². The maximum Gasteiger partial charge on any atom is 0.0478 e. The molecule has 0 aromatic heterocycles. The van der Waals surface area contributed by atoms with Gasteiger partial charge in [0.2, 0.25) is 0 Å². The molecule has 0 radical (unpaired) electrons. The van der Waals surface area contributed by atoms with Gasteiger partial charge in [-0.05, 0) is 43.4 Å². The number of ether oxygens (including phenoxy) is 1. The molecule has 1 N–H and O–H groups in total. The van der Waals surface area contributed by atoms with Crippen LogP contribution in [-0.2, 0) is 17.6 Å². The van der Waals surface area contributed by atoms with Crippen molar-refractivity contribution in [3.8, 4) is 0 Å². The number of hydrogen-bond donors (Lipinski definition) is 1. The van der Waals surface area contributed by atoms with Gasteiger partial charge < -0.3 is 10.1 Å². The standard InChI is InChI=1S/C15H23NO/c1-2-9-17-10-5-8-16-15-11-13-6-3-4-7-14(13)12-15/h3-4,6-7,15-16H,2,5,8-12H2,1H3. The van der Waals surface area contributed by atoms with Crippen molar-refractivity contribution in [3.05, 3.63) is 35.4 Å². The Labute approximate surface area is 104 Å². The summed E-state index contributed by atoms with van der Waals surface area (Å²) < 4.78 is 5.47. The zero-order valence-corrected chi connectivity index (χ0v) is 10.7. The third-order valence-electron chi connectivity index (χ3n) is 3.30. The molecule has 0 fully saturated rings. The van der Waals surface area contributed by atoms with E-state index in [0.29, 0.717) is 6.04 Å². The van der Waals surface area contributed by atoms with E-state index < -0.39 is 0 Å². The van der Waals surface area contributed by atoms with Gasteiger partial charge in [0.05, 0.1) is 0 Å². The van der Waals surface area contributed by atoms with Gasteiger partial charge >= 0.3 is 0 Å². The first-order chi connectivity index (χ1) is 8.40. The van der Waals surface area contributed by atoms with Gasteiger partial charge in [0, 0.05) is 19.3 Å². The van der Waals surface area contributed by atoms with E-state index in [1.165, 1.54) is 24.0 Å². The molecule has 1 aliphatic rings. The van der Waals surface area contributed by atoms with Crippen LogP contribution in [0.2, 0.25) is 0 Å². The van der Waals surface area contributed by atoms with Gasteiger partial charge in [-0.3, -0.25) is 0 Å². The van der Waals surface area contributed by atoms with Crippen molar-refractivity contribution in [2.45, 2.75) is 38.6 Å². The molecule has 0 unspecified atom stereocenters. The summed E-state index contributed by atoms with van der Waals surface area (Å²) in [4.78, 5) is 0. The van der Waals surface area contributed by atoms with Crippen molar-refractivity contribution in [1.82, 2.24) is 5.32 Å². The Morgan fingerprint density at radius 2 is 1.88 bits per heavy atom. The zero-order chi connectivity index (χ0) is 11.9. The van der Waals surface area contributed by atoms with Crippen LogP contribution < -0.4 is 5.32 Å². The quantitative estimate of drug-likeness (QED) is 0.731. The number of fused-ring (bicyclic) bond motifs is 1. The smallest absolute Gasteiger partial charge is 0.0478 e. The van der Waals surface area contributed by atoms with Crippen LogP contribution >= 0.6 is 0 Å². The molecule has 0 amide bonds. The molecule has 0 heterocycles. The molecule has 0 atom stereocenters. The van der Waals surface area contributed by atoms with Gasteiger partial charge in [0.15, 0.2) is 0 Å². The second kappa shape index (κ2) is 6.77. The van der Waals surface area contributed by atoms with E-state index in [1.54, 1.807) is 0 Å². The fraction of sp³-hybridized carbons (Fsp3) is 0.600. The van der Waals surface area contributed by atoms with Crippen LogP contribution in [0.5, 0.6) is 0 Å². The lowest BCUT2D eigenvalue weighted by Gasteiger charge is -2.11. The Morgan fingerprint density at radius 1 is 1.18 bits per heavy atom. The Hall–Kier alpha value is -0.860. The molecule has 1 aromatic rings. The predicted octanol–water partition coefficient (Wildman–Crippen LogP) is 2.56. The van der Waals surface area contributed by atoms with E-state index in [1.807, 2.05) is 0 Å². The SMILES string of the molecule is CCCOCCCNC1Cc2ccccc2C1. The lowest BCUT2D eigenvalue weighted by molar-refractivity contribution is 0.131. The van der Waals surface area contributed by atoms with Gasteiger partial charge in [-0.25, -0.2) is 0 Å². The third-order valence-corrected chi connectivity index (χ3v) is 3.30. The summed E-state index contributed by atoms with van der Waals surface area (Å²) in [7, 11) is 0. The molecule has 0 saturated carbocycles. The second-order valence-corrected chi connectivity index (χ2v) is 4.79. The summed E-state index contributed by atoms with van der Waals surface area (Å²) in [6.07, 6.45) is 4.61. The van der Waals surface area contributed by atoms with Gasteiger partial charge in [0.1, 0.15) is 0 Å². The summed E-state index contributed by atoms with van der Waals surface area (Å²) >= 11 is 0. The molecule has 17 heavy (non-hydrogen) atoms. The minimum absolute atomic E-state index is 0.638. The number of benzene rings is 1. The summed E-state index contributed by atoms with van der Waals surface area (Å²) in [5.41, 5.74) is 3.04. The normalized spacial score (nSPS) is 15.1. The molecule has 0 saturated heterocycles. The Balaban J connectivity index is 1.60. The van der Waals surface area contributed by atoms with Crippen LogP contribution in [0, 0.1) is 0 Å². The van der Waals surface area contributed by atoms with Crippen LogP contribution in [0.15, 0.2) is 24.3 Å². The minimum atomic E-state index is 0.638. The first kappa shape index (κ1) is 12.6. The van der Waals surface area contributed by atoms with Crippen LogP contribution in [0.4, 0.5) is 0 Å². The molecule has 94 valence electrons. The van der Waals surface area contributed by atoms with Crippen LogP contribution in [0.1, 0.15) is 30.9 Å². The topological polar surface area (TPSA) is 21.3 Å². The van der Waals surface area contributed by atoms with Crippen molar-refractivity contribution in [1.29, 1.82) is 0 Å². The molecule has 0 bridgehead atoms. The molecule has 1 aromatic carbocycles. The van der Waals surface area contributed by atoms with E-state index in [4.69, 9.17) is 4.74 Å². The average molecular weight is 233 g/mol. The highest BCUT2D eigenvalue weighted by Gasteiger charge is 2.19. The highest BCUT2D eigenvalue weighted by atomic mass is 16.5. The first-order valence-electron chi connectivity index (χ1n) is 6.78. The van der Waals surface area contributed by atoms with Crippen LogP contribution in [0.25, 0.3) is 0 Å². The molecule has 2 nitrogen and oxygen atoms in total.